The van der Waals surface area contributed by atoms with E-state index in [2.05, 4.69) is 15.9 Å². The highest BCUT2D eigenvalue weighted by atomic mass is 79.9. The van der Waals surface area contributed by atoms with Crippen molar-refractivity contribution in [1.82, 2.24) is 0 Å². The molecule has 3 nitrogen and oxygen atoms in total. The Morgan fingerprint density at radius 1 is 1.60 bits per heavy atom. The van der Waals surface area contributed by atoms with Gasteiger partial charge in [-0.05, 0) is 30.2 Å². The first-order valence-electron chi connectivity index (χ1n) is 4.16. The molecule has 0 aromatic heterocycles. The number of benzene rings is 1. The van der Waals surface area contributed by atoms with Gasteiger partial charge in [0.2, 0.25) is 0 Å². The zero-order valence-electron chi connectivity index (χ0n) is 7.99. The van der Waals surface area contributed by atoms with Crippen LogP contribution in [0.25, 0.3) is 6.08 Å². The molecule has 0 fully saturated rings. The van der Waals surface area contributed by atoms with Gasteiger partial charge in [-0.2, -0.15) is 5.26 Å². The molecular weight excluding hydrogens is 258 g/mol. The summed E-state index contributed by atoms with van der Waals surface area (Å²) in [7, 11) is 0. The van der Waals surface area contributed by atoms with E-state index in [1.807, 2.05) is 19.1 Å². The molecule has 1 aromatic rings. The third-order valence-corrected chi connectivity index (χ3v) is 2.73. The lowest BCUT2D eigenvalue weighted by molar-refractivity contribution is -0.132. The Morgan fingerprint density at radius 3 is 2.73 bits per heavy atom. The molecule has 1 aromatic carbocycles. The molecule has 0 heterocycles. The predicted molar refractivity (Wildman–Crippen MR) is 60.1 cm³/mol. The van der Waals surface area contributed by atoms with Crippen LogP contribution in [0.2, 0.25) is 0 Å². The van der Waals surface area contributed by atoms with Crippen molar-refractivity contribution in [3.63, 3.8) is 0 Å². The van der Waals surface area contributed by atoms with Crippen LogP contribution in [0.5, 0.6) is 0 Å². The lowest BCUT2D eigenvalue weighted by Gasteiger charge is -1.99. The molecule has 0 amide bonds. The van der Waals surface area contributed by atoms with Crippen molar-refractivity contribution in [3.05, 3.63) is 39.4 Å². The molecule has 0 bridgehead atoms. The molecule has 4 heteroatoms. The molecule has 0 saturated carbocycles. The lowest BCUT2D eigenvalue weighted by Crippen LogP contribution is -1.97. The highest BCUT2D eigenvalue weighted by Crippen LogP contribution is 2.18. The van der Waals surface area contributed by atoms with E-state index in [0.717, 1.165) is 10.0 Å². The fraction of sp³-hybridized carbons (Fsp3) is 0.0909. The third-order valence-electron chi connectivity index (χ3n) is 1.84. The summed E-state index contributed by atoms with van der Waals surface area (Å²) in [4.78, 5) is 10.6. The number of hydrogen-bond acceptors (Lipinski definition) is 2. The summed E-state index contributed by atoms with van der Waals surface area (Å²) in [5.74, 6) is -1.21. The van der Waals surface area contributed by atoms with Crippen molar-refractivity contribution in [1.29, 1.82) is 5.26 Å². The molecule has 0 saturated heterocycles. The Kier molecular flexibility index (Phi) is 3.64. The number of aliphatic carboxylic acids is 1. The first-order valence-corrected chi connectivity index (χ1v) is 4.95. The van der Waals surface area contributed by atoms with Crippen LogP contribution in [0.3, 0.4) is 0 Å². The Balaban J connectivity index is 3.14. The lowest BCUT2D eigenvalue weighted by atomic mass is 10.1. The van der Waals surface area contributed by atoms with Crippen molar-refractivity contribution in [2.75, 3.05) is 0 Å². The smallest absolute Gasteiger partial charge is 0.346 e. The van der Waals surface area contributed by atoms with Crippen LogP contribution >= 0.6 is 15.9 Å². The minimum absolute atomic E-state index is 0.267. The molecule has 1 N–H and O–H groups in total. The molecule has 0 atom stereocenters. The first-order chi connectivity index (χ1) is 7.04. The Labute approximate surface area is 95.8 Å². The second-order valence-electron chi connectivity index (χ2n) is 2.98. The maximum absolute atomic E-state index is 10.6. The second kappa shape index (κ2) is 4.76. The standard InChI is InChI=1S/C11H8BrNO2/c1-7-4-8(2-3-10(7)12)5-9(6-13)11(14)15/h2-5H,1H3,(H,14,15)/b9-5-. The van der Waals surface area contributed by atoms with Gasteiger partial charge in [0.1, 0.15) is 11.6 Å². The number of nitrogens with zero attached hydrogens (tertiary/aromatic N) is 1. The molecule has 0 radical (unpaired) electrons. The fourth-order valence-electron chi connectivity index (χ4n) is 1.07. The van der Waals surface area contributed by atoms with Crippen molar-refractivity contribution in [3.8, 4) is 6.07 Å². The molecule has 1 rings (SSSR count). The summed E-state index contributed by atoms with van der Waals surface area (Å²) < 4.78 is 0.952. The monoisotopic (exact) mass is 265 g/mol. The number of nitriles is 1. The maximum Gasteiger partial charge on any atom is 0.346 e. The van der Waals surface area contributed by atoms with E-state index in [9.17, 15) is 4.79 Å². The third kappa shape index (κ3) is 2.93. The van der Waals surface area contributed by atoms with E-state index >= 15 is 0 Å². The van der Waals surface area contributed by atoms with Gasteiger partial charge in [-0.25, -0.2) is 4.79 Å². The van der Waals surface area contributed by atoms with E-state index in [0.29, 0.717) is 5.56 Å². The quantitative estimate of drug-likeness (QED) is 0.661. The van der Waals surface area contributed by atoms with E-state index in [1.165, 1.54) is 6.08 Å². The second-order valence-corrected chi connectivity index (χ2v) is 3.84. The van der Waals surface area contributed by atoms with Gasteiger partial charge < -0.3 is 5.11 Å². The summed E-state index contributed by atoms with van der Waals surface area (Å²) >= 11 is 3.34. The van der Waals surface area contributed by atoms with Crippen LogP contribution in [0, 0.1) is 18.3 Å². The Hall–Kier alpha value is -1.60. The molecular formula is C11H8BrNO2. The summed E-state index contributed by atoms with van der Waals surface area (Å²) in [6.45, 7) is 1.90. The van der Waals surface area contributed by atoms with Gasteiger partial charge in [-0.1, -0.05) is 28.1 Å². The first kappa shape index (κ1) is 11.5. The number of hydrogen-bond donors (Lipinski definition) is 1. The zero-order chi connectivity index (χ0) is 11.4. The molecule has 0 spiro atoms. The zero-order valence-corrected chi connectivity index (χ0v) is 9.58. The molecule has 0 aliphatic carbocycles. The molecule has 0 unspecified atom stereocenters. The average Bonchev–Trinajstić information content (AvgIpc) is 2.19. The van der Waals surface area contributed by atoms with Gasteiger partial charge in [-0.15, -0.1) is 0 Å². The van der Waals surface area contributed by atoms with E-state index in [4.69, 9.17) is 10.4 Å². The topological polar surface area (TPSA) is 61.1 Å². The minimum atomic E-state index is -1.21. The van der Waals surface area contributed by atoms with Gasteiger partial charge >= 0.3 is 5.97 Å². The largest absolute Gasteiger partial charge is 0.477 e. The SMILES string of the molecule is Cc1cc(/C=C(/C#N)C(=O)O)ccc1Br. The van der Waals surface area contributed by atoms with E-state index in [-0.39, 0.29) is 5.57 Å². The van der Waals surface area contributed by atoms with Crippen LogP contribution < -0.4 is 0 Å². The molecule has 0 aliphatic rings. The summed E-state index contributed by atoms with van der Waals surface area (Å²) in [5, 5.41) is 17.2. The fourth-order valence-corrected chi connectivity index (χ4v) is 1.31. The van der Waals surface area contributed by atoms with Crippen LogP contribution in [0.4, 0.5) is 0 Å². The summed E-state index contributed by atoms with van der Waals surface area (Å²) in [5.41, 5.74) is 1.43. The number of rotatable bonds is 2. The van der Waals surface area contributed by atoms with Crippen LogP contribution in [0.1, 0.15) is 11.1 Å². The van der Waals surface area contributed by atoms with E-state index in [1.54, 1.807) is 12.1 Å². The minimum Gasteiger partial charge on any atom is -0.477 e. The van der Waals surface area contributed by atoms with Gasteiger partial charge in [0.15, 0.2) is 0 Å². The van der Waals surface area contributed by atoms with Gasteiger partial charge in [-0.3, -0.25) is 0 Å². The predicted octanol–water partition coefficient (Wildman–Crippen LogP) is 2.75. The number of carboxylic acid groups (broad SMARTS) is 1. The summed E-state index contributed by atoms with van der Waals surface area (Å²) in [6, 6.07) is 7.01. The van der Waals surface area contributed by atoms with Crippen molar-refractivity contribution in [2.45, 2.75) is 6.92 Å². The Morgan fingerprint density at radius 2 is 2.27 bits per heavy atom. The maximum atomic E-state index is 10.6. The number of aryl methyl sites for hydroxylation is 1. The number of carbonyl (C=O) groups is 1. The summed E-state index contributed by atoms with van der Waals surface area (Å²) in [6.07, 6.45) is 1.35. The Bertz CT molecular complexity index is 472. The van der Waals surface area contributed by atoms with Crippen molar-refractivity contribution < 1.29 is 9.90 Å². The highest BCUT2D eigenvalue weighted by Gasteiger charge is 2.05. The highest BCUT2D eigenvalue weighted by molar-refractivity contribution is 9.10. The molecule has 76 valence electrons. The average molecular weight is 266 g/mol. The van der Waals surface area contributed by atoms with Crippen molar-refractivity contribution in [2.24, 2.45) is 0 Å². The van der Waals surface area contributed by atoms with Crippen molar-refractivity contribution >= 4 is 28.0 Å². The van der Waals surface area contributed by atoms with Gasteiger partial charge in [0, 0.05) is 4.47 Å². The van der Waals surface area contributed by atoms with Gasteiger partial charge in [0.25, 0.3) is 0 Å². The number of carboxylic acids is 1. The van der Waals surface area contributed by atoms with Gasteiger partial charge in [0.05, 0.1) is 0 Å². The number of halogens is 1. The van der Waals surface area contributed by atoms with Crippen LogP contribution in [-0.4, -0.2) is 11.1 Å². The normalized spacial score (nSPS) is 10.9. The van der Waals surface area contributed by atoms with E-state index < -0.39 is 5.97 Å². The van der Waals surface area contributed by atoms with Crippen LogP contribution in [-0.2, 0) is 4.79 Å². The molecule has 15 heavy (non-hydrogen) atoms. The van der Waals surface area contributed by atoms with Crippen LogP contribution in [0.15, 0.2) is 28.2 Å². The molecule has 0 aliphatic heterocycles.